The van der Waals surface area contributed by atoms with Crippen molar-refractivity contribution in [2.75, 3.05) is 6.54 Å². The number of carbonyl (C=O) groups excluding carboxylic acids is 2. The molecule has 132 valence electrons. The maximum Gasteiger partial charge on any atom is 0.261 e. The second kappa shape index (κ2) is 6.40. The van der Waals surface area contributed by atoms with Crippen LogP contribution in [-0.2, 0) is 16.0 Å². The number of nitrogens with one attached hydrogen (secondary N) is 1. The topological polar surface area (TPSA) is 93.6 Å². The normalized spacial score (nSPS) is 20.3. The Bertz CT molecular complexity index is 960. The van der Waals surface area contributed by atoms with Crippen molar-refractivity contribution in [1.82, 2.24) is 9.88 Å². The molecule has 1 aromatic heterocycles. The summed E-state index contributed by atoms with van der Waals surface area (Å²) in [4.78, 5) is 28.3. The molecule has 0 radical (unpaired) electrons. The van der Waals surface area contributed by atoms with E-state index in [1.807, 2.05) is 54.6 Å². The standard InChI is InChI=1S/C20H18N2O4/c23-17-18(24)20(26)22(19(17)25)11-10-14-13-8-4-5-9-15(13)21-16(14)12-6-2-1-3-7-12/h1-9,17-18,21,23-24H,10-11H2/t17-,18-/m1/s1. The molecule has 0 bridgehead atoms. The minimum absolute atomic E-state index is 0.105. The molecule has 26 heavy (non-hydrogen) atoms. The van der Waals surface area contributed by atoms with Crippen molar-refractivity contribution < 1.29 is 19.8 Å². The number of H-pyrrole nitrogens is 1. The van der Waals surface area contributed by atoms with Gasteiger partial charge in [-0.2, -0.15) is 0 Å². The number of carbonyl (C=O) groups is 2. The zero-order valence-corrected chi connectivity index (χ0v) is 13.9. The van der Waals surface area contributed by atoms with Crippen LogP contribution >= 0.6 is 0 Å². The molecule has 2 amide bonds. The van der Waals surface area contributed by atoms with Crippen molar-refractivity contribution in [3.63, 3.8) is 0 Å². The van der Waals surface area contributed by atoms with Gasteiger partial charge in [0, 0.05) is 23.1 Å². The second-order valence-electron chi connectivity index (χ2n) is 6.36. The Labute approximate surface area is 149 Å². The molecule has 0 aliphatic carbocycles. The molecule has 3 aromatic rings. The fourth-order valence-electron chi connectivity index (χ4n) is 3.45. The number of aromatic nitrogens is 1. The Kier molecular flexibility index (Phi) is 4.06. The molecule has 1 fully saturated rings. The van der Waals surface area contributed by atoms with Crippen LogP contribution in [0.2, 0.25) is 0 Å². The molecule has 0 saturated carbocycles. The number of benzene rings is 2. The number of amides is 2. The van der Waals surface area contributed by atoms with Crippen LogP contribution in [0.1, 0.15) is 5.56 Å². The van der Waals surface area contributed by atoms with Crippen LogP contribution in [0.15, 0.2) is 54.6 Å². The van der Waals surface area contributed by atoms with Crippen molar-refractivity contribution in [3.8, 4) is 11.3 Å². The number of nitrogens with zero attached hydrogens (tertiary/aromatic N) is 1. The van der Waals surface area contributed by atoms with E-state index in [-0.39, 0.29) is 6.54 Å². The van der Waals surface area contributed by atoms with Crippen LogP contribution in [0.5, 0.6) is 0 Å². The largest absolute Gasteiger partial charge is 0.380 e. The van der Waals surface area contributed by atoms with Crippen molar-refractivity contribution in [2.24, 2.45) is 0 Å². The van der Waals surface area contributed by atoms with Gasteiger partial charge in [0.05, 0.1) is 0 Å². The third-order valence-electron chi connectivity index (χ3n) is 4.80. The molecule has 6 nitrogen and oxygen atoms in total. The molecule has 1 saturated heterocycles. The molecule has 3 N–H and O–H groups in total. The Morgan fingerprint density at radius 3 is 2.19 bits per heavy atom. The molecular formula is C20H18N2O4. The highest BCUT2D eigenvalue weighted by molar-refractivity contribution is 6.07. The number of fused-ring (bicyclic) bond motifs is 1. The van der Waals surface area contributed by atoms with Gasteiger partial charge in [0.25, 0.3) is 11.8 Å². The van der Waals surface area contributed by atoms with Crippen LogP contribution in [0.3, 0.4) is 0 Å². The number of hydrogen-bond donors (Lipinski definition) is 3. The average molecular weight is 350 g/mol. The lowest BCUT2D eigenvalue weighted by Crippen LogP contribution is -2.34. The van der Waals surface area contributed by atoms with E-state index in [1.54, 1.807) is 0 Å². The Hall–Kier alpha value is -2.96. The number of hydrogen-bond acceptors (Lipinski definition) is 4. The molecule has 2 atom stereocenters. The summed E-state index contributed by atoms with van der Waals surface area (Å²) in [7, 11) is 0. The molecule has 0 unspecified atom stereocenters. The second-order valence-corrected chi connectivity index (χ2v) is 6.36. The van der Waals surface area contributed by atoms with Crippen molar-refractivity contribution in [2.45, 2.75) is 18.6 Å². The first-order valence-electron chi connectivity index (χ1n) is 8.44. The lowest BCUT2D eigenvalue weighted by molar-refractivity contribution is -0.141. The quantitative estimate of drug-likeness (QED) is 0.621. The summed E-state index contributed by atoms with van der Waals surface area (Å²) >= 11 is 0. The minimum atomic E-state index is -1.67. The number of imide groups is 1. The SMILES string of the molecule is O=C1[C@H](O)[C@@H](O)C(=O)N1CCc1c(-c2ccccc2)[nH]c2ccccc12. The van der Waals surface area contributed by atoms with Crippen LogP contribution < -0.4 is 0 Å². The van der Waals surface area contributed by atoms with Gasteiger partial charge in [-0.3, -0.25) is 14.5 Å². The highest BCUT2D eigenvalue weighted by atomic mass is 16.4. The number of rotatable bonds is 4. The highest BCUT2D eigenvalue weighted by Gasteiger charge is 2.45. The summed E-state index contributed by atoms with van der Waals surface area (Å²) in [6.45, 7) is 0.105. The van der Waals surface area contributed by atoms with Crippen LogP contribution in [0, 0.1) is 0 Å². The maximum absolute atomic E-state index is 12.0. The average Bonchev–Trinajstić information content (AvgIpc) is 3.13. The molecule has 4 rings (SSSR count). The van der Waals surface area contributed by atoms with Crippen LogP contribution in [0.25, 0.3) is 22.2 Å². The van der Waals surface area contributed by atoms with Gasteiger partial charge < -0.3 is 15.2 Å². The summed E-state index contributed by atoms with van der Waals surface area (Å²) < 4.78 is 0. The Balaban J connectivity index is 1.70. The first-order chi connectivity index (χ1) is 12.6. The van der Waals surface area contributed by atoms with E-state index in [0.717, 1.165) is 32.6 Å². The number of para-hydroxylation sites is 1. The zero-order valence-electron chi connectivity index (χ0n) is 13.9. The van der Waals surface area contributed by atoms with Gasteiger partial charge in [0.1, 0.15) is 0 Å². The van der Waals surface area contributed by atoms with E-state index in [0.29, 0.717) is 6.42 Å². The van der Waals surface area contributed by atoms with Gasteiger partial charge in [0.2, 0.25) is 0 Å². The van der Waals surface area contributed by atoms with Gasteiger partial charge in [-0.25, -0.2) is 0 Å². The van der Waals surface area contributed by atoms with Gasteiger partial charge in [-0.1, -0.05) is 48.5 Å². The first kappa shape index (κ1) is 16.5. The molecule has 1 aliphatic rings. The zero-order chi connectivity index (χ0) is 18.3. The number of likely N-dealkylation sites (tertiary alicyclic amines) is 1. The van der Waals surface area contributed by atoms with Crippen LogP contribution in [-0.4, -0.2) is 50.7 Å². The predicted molar refractivity (Wildman–Crippen MR) is 96.2 cm³/mol. The summed E-state index contributed by atoms with van der Waals surface area (Å²) in [5.41, 5.74) is 3.91. The Morgan fingerprint density at radius 1 is 0.885 bits per heavy atom. The molecule has 2 aromatic carbocycles. The van der Waals surface area contributed by atoms with Gasteiger partial charge in [0.15, 0.2) is 12.2 Å². The van der Waals surface area contributed by atoms with E-state index in [1.165, 1.54) is 0 Å². The van der Waals surface area contributed by atoms with Crippen molar-refractivity contribution >= 4 is 22.7 Å². The van der Waals surface area contributed by atoms with Crippen molar-refractivity contribution in [1.29, 1.82) is 0 Å². The van der Waals surface area contributed by atoms with Crippen molar-refractivity contribution in [3.05, 3.63) is 60.2 Å². The number of aromatic amines is 1. The smallest absolute Gasteiger partial charge is 0.261 e. The Morgan fingerprint density at radius 2 is 1.50 bits per heavy atom. The molecule has 2 heterocycles. The highest BCUT2D eigenvalue weighted by Crippen LogP contribution is 2.31. The summed E-state index contributed by atoms with van der Waals surface area (Å²) in [6, 6.07) is 17.7. The van der Waals surface area contributed by atoms with E-state index >= 15 is 0 Å². The van der Waals surface area contributed by atoms with E-state index in [4.69, 9.17) is 0 Å². The molecule has 0 spiro atoms. The molecule has 1 aliphatic heterocycles. The molecule has 6 heteroatoms. The molecular weight excluding hydrogens is 332 g/mol. The van der Waals surface area contributed by atoms with Crippen LogP contribution in [0.4, 0.5) is 0 Å². The monoisotopic (exact) mass is 350 g/mol. The predicted octanol–water partition coefficient (Wildman–Crippen LogP) is 1.47. The first-order valence-corrected chi connectivity index (χ1v) is 8.44. The summed E-state index contributed by atoms with van der Waals surface area (Å²) in [5, 5.41) is 20.2. The van der Waals surface area contributed by atoms with E-state index < -0.39 is 24.0 Å². The summed E-state index contributed by atoms with van der Waals surface area (Å²) in [6.07, 6.45) is -2.91. The van der Waals surface area contributed by atoms with E-state index in [9.17, 15) is 19.8 Å². The minimum Gasteiger partial charge on any atom is -0.380 e. The number of aliphatic hydroxyl groups is 2. The van der Waals surface area contributed by atoms with Gasteiger partial charge >= 0.3 is 0 Å². The summed E-state index contributed by atoms with van der Waals surface area (Å²) in [5.74, 6) is -1.49. The van der Waals surface area contributed by atoms with E-state index in [2.05, 4.69) is 4.98 Å². The fourth-order valence-corrected chi connectivity index (χ4v) is 3.45. The lowest BCUT2D eigenvalue weighted by Gasteiger charge is -2.14. The third-order valence-corrected chi connectivity index (χ3v) is 4.80. The van der Waals surface area contributed by atoms with Gasteiger partial charge in [-0.15, -0.1) is 0 Å². The van der Waals surface area contributed by atoms with Gasteiger partial charge in [-0.05, 0) is 23.6 Å². The maximum atomic E-state index is 12.0. The third kappa shape index (κ3) is 2.60. The fraction of sp³-hybridized carbons (Fsp3) is 0.200. The lowest BCUT2D eigenvalue weighted by atomic mass is 10.0. The number of aliphatic hydroxyl groups excluding tert-OH is 2.